The minimum absolute atomic E-state index is 0.00330. The van der Waals surface area contributed by atoms with Gasteiger partial charge >= 0.3 is 11.9 Å². The van der Waals surface area contributed by atoms with E-state index >= 15 is 0 Å². The van der Waals surface area contributed by atoms with Crippen LogP contribution >= 0.6 is 0 Å². The first-order valence-electron chi connectivity index (χ1n) is 7.23. The van der Waals surface area contributed by atoms with Gasteiger partial charge in [0.05, 0.1) is 5.56 Å². The number of aliphatic carboxylic acids is 1. The van der Waals surface area contributed by atoms with Crippen molar-refractivity contribution in [2.24, 2.45) is 0 Å². The summed E-state index contributed by atoms with van der Waals surface area (Å²) in [5.74, 6) is -1.30. The Balaban J connectivity index is 2.53. The molecule has 0 saturated heterocycles. The number of ketones is 1. The van der Waals surface area contributed by atoms with Crippen LogP contribution in [-0.2, 0) is 20.7 Å². The Kier molecular flexibility index (Phi) is 6.28. The molecule has 5 nitrogen and oxygen atoms in total. The van der Waals surface area contributed by atoms with E-state index in [2.05, 4.69) is 0 Å². The van der Waals surface area contributed by atoms with Crippen molar-refractivity contribution in [3.63, 3.8) is 0 Å². The Labute approximate surface area is 130 Å². The van der Waals surface area contributed by atoms with Crippen LogP contribution < -0.4 is 0 Å². The second-order valence-electron chi connectivity index (χ2n) is 6.16. The summed E-state index contributed by atoms with van der Waals surface area (Å²) in [6, 6.07) is 6.70. The van der Waals surface area contributed by atoms with E-state index in [0.29, 0.717) is 12.0 Å². The minimum Gasteiger partial charge on any atom is -0.481 e. The van der Waals surface area contributed by atoms with Crippen LogP contribution in [0, 0.1) is 0 Å². The molecule has 0 atom stereocenters. The predicted octanol–water partition coefficient (Wildman–Crippen LogP) is 3.01. The van der Waals surface area contributed by atoms with Gasteiger partial charge in [0, 0.05) is 19.3 Å². The van der Waals surface area contributed by atoms with Gasteiger partial charge in [0.15, 0.2) is 0 Å². The molecule has 0 aromatic heterocycles. The molecule has 1 N–H and O–H groups in total. The van der Waals surface area contributed by atoms with E-state index < -0.39 is 17.5 Å². The van der Waals surface area contributed by atoms with Crippen LogP contribution in [0.4, 0.5) is 0 Å². The third-order valence-corrected chi connectivity index (χ3v) is 2.84. The fourth-order valence-corrected chi connectivity index (χ4v) is 1.85. The summed E-state index contributed by atoms with van der Waals surface area (Å²) in [5, 5.41) is 8.52. The highest BCUT2D eigenvalue weighted by molar-refractivity contribution is 5.90. The summed E-state index contributed by atoms with van der Waals surface area (Å²) >= 11 is 0. The lowest BCUT2D eigenvalue weighted by atomic mass is 10.0. The van der Waals surface area contributed by atoms with Gasteiger partial charge < -0.3 is 9.84 Å². The van der Waals surface area contributed by atoms with Crippen LogP contribution in [0.25, 0.3) is 0 Å². The van der Waals surface area contributed by atoms with Crippen molar-refractivity contribution in [3.8, 4) is 0 Å². The summed E-state index contributed by atoms with van der Waals surface area (Å²) in [7, 11) is 0. The minimum atomic E-state index is -0.894. The Morgan fingerprint density at radius 3 is 2.14 bits per heavy atom. The molecule has 0 heterocycles. The van der Waals surface area contributed by atoms with E-state index in [-0.39, 0.29) is 25.0 Å². The maximum atomic E-state index is 11.9. The molecule has 0 fully saturated rings. The van der Waals surface area contributed by atoms with Crippen LogP contribution in [0.3, 0.4) is 0 Å². The molecule has 1 aromatic rings. The van der Waals surface area contributed by atoms with Crippen LogP contribution in [0.1, 0.15) is 56.0 Å². The molecule has 5 heteroatoms. The van der Waals surface area contributed by atoms with E-state index in [1.807, 2.05) is 0 Å². The average molecular weight is 306 g/mol. The Bertz CT molecular complexity index is 537. The first-order valence-corrected chi connectivity index (χ1v) is 7.23. The third-order valence-electron chi connectivity index (χ3n) is 2.84. The number of benzene rings is 1. The van der Waals surface area contributed by atoms with E-state index in [0.717, 1.165) is 5.56 Å². The molecule has 0 radical (unpaired) electrons. The van der Waals surface area contributed by atoms with Gasteiger partial charge in [0.2, 0.25) is 0 Å². The Morgan fingerprint density at radius 2 is 1.64 bits per heavy atom. The van der Waals surface area contributed by atoms with Gasteiger partial charge in [-0.2, -0.15) is 0 Å². The zero-order valence-electron chi connectivity index (χ0n) is 13.2. The van der Waals surface area contributed by atoms with Crippen LogP contribution in [-0.4, -0.2) is 28.4 Å². The van der Waals surface area contributed by atoms with Gasteiger partial charge in [-0.1, -0.05) is 12.1 Å². The van der Waals surface area contributed by atoms with Crippen LogP contribution in [0.5, 0.6) is 0 Å². The molecule has 0 amide bonds. The molecule has 22 heavy (non-hydrogen) atoms. The van der Waals surface area contributed by atoms with Gasteiger partial charge in [0.25, 0.3) is 0 Å². The number of esters is 1. The smallest absolute Gasteiger partial charge is 0.338 e. The summed E-state index contributed by atoms with van der Waals surface area (Å²) in [6.07, 6.45) is 0.849. The largest absolute Gasteiger partial charge is 0.481 e. The highest BCUT2D eigenvalue weighted by Crippen LogP contribution is 2.13. The zero-order valence-corrected chi connectivity index (χ0v) is 13.2. The van der Waals surface area contributed by atoms with Crippen molar-refractivity contribution in [3.05, 3.63) is 35.4 Å². The molecular formula is C17H22O5. The summed E-state index contributed by atoms with van der Waals surface area (Å²) in [6.45, 7) is 5.40. The number of carboxylic acids is 1. The fraction of sp³-hybridized carbons (Fsp3) is 0.471. The molecule has 0 saturated carbocycles. The number of rotatable bonds is 7. The molecule has 120 valence electrons. The number of carbonyl (C=O) groups excluding carboxylic acids is 2. The van der Waals surface area contributed by atoms with Gasteiger partial charge in [-0.25, -0.2) is 4.79 Å². The molecule has 1 rings (SSSR count). The SMILES string of the molecule is CC(C)(C)OC(=O)c1ccc(CC(=O)CCCC(=O)O)cc1. The maximum Gasteiger partial charge on any atom is 0.338 e. The number of carboxylic acid groups (broad SMARTS) is 1. The van der Waals surface area contributed by atoms with E-state index in [9.17, 15) is 14.4 Å². The second kappa shape index (κ2) is 7.73. The molecule has 0 aliphatic rings. The zero-order chi connectivity index (χ0) is 16.8. The summed E-state index contributed by atoms with van der Waals surface area (Å²) < 4.78 is 5.26. The van der Waals surface area contributed by atoms with Gasteiger partial charge in [-0.3, -0.25) is 9.59 Å². The van der Waals surface area contributed by atoms with Crippen molar-refractivity contribution < 1.29 is 24.2 Å². The lowest BCUT2D eigenvalue weighted by molar-refractivity contribution is -0.137. The first kappa shape index (κ1) is 17.9. The van der Waals surface area contributed by atoms with Crippen molar-refractivity contribution in [2.75, 3.05) is 0 Å². The summed E-state index contributed by atoms with van der Waals surface area (Å²) in [4.78, 5) is 34.0. The van der Waals surface area contributed by atoms with E-state index in [1.165, 1.54) is 0 Å². The molecule has 0 unspecified atom stereocenters. The molecule has 0 aliphatic carbocycles. The van der Waals surface area contributed by atoms with Crippen molar-refractivity contribution in [1.82, 2.24) is 0 Å². The van der Waals surface area contributed by atoms with E-state index in [4.69, 9.17) is 9.84 Å². The van der Waals surface area contributed by atoms with Crippen molar-refractivity contribution >= 4 is 17.7 Å². The van der Waals surface area contributed by atoms with Crippen LogP contribution in [0.2, 0.25) is 0 Å². The van der Waals surface area contributed by atoms with Gasteiger partial charge in [-0.15, -0.1) is 0 Å². The highest BCUT2D eigenvalue weighted by Gasteiger charge is 2.17. The van der Waals surface area contributed by atoms with Gasteiger partial charge in [0.1, 0.15) is 11.4 Å². The molecule has 0 aliphatic heterocycles. The van der Waals surface area contributed by atoms with Gasteiger partial charge in [-0.05, 0) is 44.9 Å². The standard InChI is InChI=1S/C17H22O5/c1-17(2,3)22-16(21)13-9-7-12(8-10-13)11-14(18)5-4-6-15(19)20/h7-10H,4-6,11H2,1-3H3,(H,19,20). The van der Waals surface area contributed by atoms with Crippen molar-refractivity contribution in [1.29, 1.82) is 0 Å². The lowest BCUT2D eigenvalue weighted by Crippen LogP contribution is -2.23. The molecular weight excluding hydrogens is 284 g/mol. The Morgan fingerprint density at radius 1 is 1.05 bits per heavy atom. The number of hydrogen-bond acceptors (Lipinski definition) is 4. The number of carbonyl (C=O) groups is 3. The lowest BCUT2D eigenvalue weighted by Gasteiger charge is -2.19. The Hall–Kier alpha value is -2.17. The van der Waals surface area contributed by atoms with E-state index in [1.54, 1.807) is 45.0 Å². The normalized spacial score (nSPS) is 11.0. The second-order valence-corrected chi connectivity index (χ2v) is 6.16. The number of ether oxygens (including phenoxy) is 1. The maximum absolute atomic E-state index is 11.9. The molecule has 0 bridgehead atoms. The summed E-state index contributed by atoms with van der Waals surface area (Å²) in [5.41, 5.74) is 0.695. The number of Topliss-reactive ketones (excluding diaryl/α,β-unsaturated/α-hetero) is 1. The van der Waals surface area contributed by atoms with Crippen LogP contribution in [0.15, 0.2) is 24.3 Å². The first-order chi connectivity index (χ1) is 10.2. The monoisotopic (exact) mass is 306 g/mol. The molecule has 0 spiro atoms. The number of hydrogen-bond donors (Lipinski definition) is 1. The predicted molar refractivity (Wildman–Crippen MR) is 81.8 cm³/mol. The average Bonchev–Trinajstić information content (AvgIpc) is 2.37. The highest BCUT2D eigenvalue weighted by atomic mass is 16.6. The van der Waals surface area contributed by atoms with Crippen molar-refractivity contribution in [2.45, 2.75) is 52.1 Å². The third kappa shape index (κ3) is 7.02. The molecule has 1 aromatic carbocycles. The topological polar surface area (TPSA) is 80.7 Å². The quantitative estimate of drug-likeness (QED) is 0.783. The fourth-order valence-electron chi connectivity index (χ4n) is 1.85.